The minimum atomic E-state index is -5.23. The molecule has 17 heteroatoms. The number of aromatic nitrogens is 2. The standard InChI is InChI=1S/C42H31ClF6N4O5S/c1-18-26-15-21(43)8-11-31(26)59-35(18)29-17-32(51(3)50-29)53-37(56)28-16-27-23(34(40(28,2)39(53)58)24-6-4-5-7-30(24)54)9-10-25-33(27)38(57)52(36(25)55)22-13-19(41(44,45)46)12-20(14-22)42(47,48)49/h4-9,11-15,17,25,27-28,33-34,54H,10,16H2,1-3H3. The van der Waals surface area contributed by atoms with Gasteiger partial charge in [-0.3, -0.25) is 23.9 Å². The van der Waals surface area contributed by atoms with Crippen LogP contribution in [0, 0.1) is 36.0 Å². The summed E-state index contributed by atoms with van der Waals surface area (Å²) in [6, 6.07) is 13.9. The summed E-state index contributed by atoms with van der Waals surface area (Å²) in [4.78, 5) is 60.5. The Hall–Kier alpha value is -5.48. The number of aryl methyl sites for hydroxylation is 2. The molecule has 0 radical (unpaired) electrons. The quantitative estimate of drug-likeness (QED) is 0.110. The summed E-state index contributed by atoms with van der Waals surface area (Å²) in [5.74, 6) is -8.89. The summed E-state index contributed by atoms with van der Waals surface area (Å²) >= 11 is 7.73. The fourth-order valence-electron chi connectivity index (χ4n) is 9.85. The van der Waals surface area contributed by atoms with Crippen molar-refractivity contribution in [3.8, 4) is 16.3 Å². The van der Waals surface area contributed by atoms with Crippen molar-refractivity contribution in [2.45, 2.75) is 45.0 Å². The molecule has 4 heterocycles. The summed E-state index contributed by atoms with van der Waals surface area (Å²) < 4.78 is 85.7. The number of carbonyl (C=O) groups is 4. The van der Waals surface area contributed by atoms with Gasteiger partial charge in [0.25, 0.3) is 0 Å². The van der Waals surface area contributed by atoms with Crippen molar-refractivity contribution in [1.29, 1.82) is 0 Å². The molecule has 9 nitrogen and oxygen atoms in total. The van der Waals surface area contributed by atoms with Crippen molar-refractivity contribution >= 4 is 68.2 Å². The molecule has 4 amide bonds. The first-order valence-corrected chi connectivity index (χ1v) is 19.7. The number of nitrogens with zero attached hydrogens (tertiary/aromatic N) is 4. The van der Waals surface area contributed by atoms with E-state index in [1.54, 1.807) is 50.4 Å². The Kier molecular flexibility index (Phi) is 8.60. The number of aromatic hydroxyl groups is 1. The number of benzene rings is 3. The maximum absolute atomic E-state index is 15.0. The lowest BCUT2D eigenvalue weighted by Gasteiger charge is -2.49. The Morgan fingerprint density at radius 2 is 1.54 bits per heavy atom. The molecule has 6 unspecified atom stereocenters. The molecular weight excluding hydrogens is 822 g/mol. The number of hydrogen-bond acceptors (Lipinski definition) is 7. The zero-order valence-corrected chi connectivity index (χ0v) is 32.7. The highest BCUT2D eigenvalue weighted by Gasteiger charge is 2.68. The maximum atomic E-state index is 15.0. The normalized spacial score (nSPS) is 25.8. The molecule has 4 aliphatic rings. The Morgan fingerprint density at radius 3 is 2.20 bits per heavy atom. The van der Waals surface area contributed by atoms with Gasteiger partial charge in [0.2, 0.25) is 23.6 Å². The van der Waals surface area contributed by atoms with Crippen molar-refractivity contribution in [1.82, 2.24) is 9.78 Å². The molecule has 2 aliphatic carbocycles. The smallest absolute Gasteiger partial charge is 0.416 e. The third kappa shape index (κ3) is 5.69. The summed E-state index contributed by atoms with van der Waals surface area (Å²) in [6.07, 6.45) is -9.10. The average Bonchev–Trinajstić information content (AvgIpc) is 3.84. The predicted molar refractivity (Wildman–Crippen MR) is 205 cm³/mol. The Balaban J connectivity index is 1.14. The number of amides is 4. The van der Waals surface area contributed by atoms with Crippen LogP contribution in [-0.4, -0.2) is 38.5 Å². The lowest BCUT2D eigenvalue weighted by molar-refractivity contribution is -0.143. The number of fused-ring (bicyclic) bond motifs is 5. The predicted octanol–water partition coefficient (Wildman–Crippen LogP) is 9.44. The number of phenols is 1. The summed E-state index contributed by atoms with van der Waals surface area (Å²) in [6.45, 7) is 3.53. The first-order chi connectivity index (χ1) is 27.7. The van der Waals surface area contributed by atoms with Crippen LogP contribution < -0.4 is 9.80 Å². The van der Waals surface area contributed by atoms with Crippen LogP contribution in [0.1, 0.15) is 47.9 Å². The van der Waals surface area contributed by atoms with Gasteiger partial charge in [-0.25, -0.2) is 9.80 Å². The first-order valence-electron chi connectivity index (χ1n) is 18.5. The molecule has 3 aromatic carbocycles. The Morgan fingerprint density at radius 1 is 0.864 bits per heavy atom. The molecule has 0 bridgehead atoms. The largest absolute Gasteiger partial charge is 0.508 e. The zero-order valence-electron chi connectivity index (χ0n) is 31.2. The van der Waals surface area contributed by atoms with Gasteiger partial charge in [0.05, 0.1) is 44.9 Å². The molecule has 2 saturated heterocycles. The number of allylic oxidation sites excluding steroid dienone is 2. The van der Waals surface area contributed by atoms with Crippen molar-refractivity contribution < 1.29 is 50.6 Å². The van der Waals surface area contributed by atoms with Gasteiger partial charge in [-0.05, 0) is 86.0 Å². The molecule has 6 atom stereocenters. The molecular formula is C42H31ClF6N4O5S. The van der Waals surface area contributed by atoms with Gasteiger partial charge in [-0.15, -0.1) is 11.3 Å². The van der Waals surface area contributed by atoms with E-state index in [0.29, 0.717) is 33.3 Å². The summed E-state index contributed by atoms with van der Waals surface area (Å²) in [7, 11) is 1.59. The molecule has 0 spiro atoms. The van der Waals surface area contributed by atoms with E-state index in [4.69, 9.17) is 11.6 Å². The topological polar surface area (TPSA) is 113 Å². The monoisotopic (exact) mass is 852 g/mol. The second-order valence-electron chi connectivity index (χ2n) is 15.7. The van der Waals surface area contributed by atoms with Gasteiger partial charge in [-0.2, -0.15) is 31.4 Å². The third-order valence-corrected chi connectivity index (χ3v) is 14.1. The van der Waals surface area contributed by atoms with E-state index < -0.39 is 87.8 Å². The maximum Gasteiger partial charge on any atom is 0.416 e. The summed E-state index contributed by atoms with van der Waals surface area (Å²) in [5, 5.41) is 17.4. The minimum absolute atomic E-state index is 0.0838. The molecule has 9 rings (SSSR count). The lowest BCUT2D eigenvalue weighted by Crippen LogP contribution is -2.49. The van der Waals surface area contributed by atoms with Crippen molar-refractivity contribution in [2.24, 2.45) is 36.1 Å². The summed E-state index contributed by atoms with van der Waals surface area (Å²) in [5.41, 5.74) is -3.70. The minimum Gasteiger partial charge on any atom is -0.508 e. The number of thiophene rings is 1. The molecule has 1 N–H and O–H groups in total. The lowest BCUT2D eigenvalue weighted by atomic mass is 9.51. The average molecular weight is 853 g/mol. The van der Waals surface area contributed by atoms with Crippen LogP contribution >= 0.6 is 22.9 Å². The van der Waals surface area contributed by atoms with Gasteiger partial charge in [0.1, 0.15) is 17.3 Å². The van der Waals surface area contributed by atoms with E-state index in [2.05, 4.69) is 5.10 Å². The number of para-hydroxylation sites is 1. The van der Waals surface area contributed by atoms with Crippen molar-refractivity contribution in [3.63, 3.8) is 0 Å². The van der Waals surface area contributed by atoms with Crippen LogP contribution in [0.5, 0.6) is 5.75 Å². The van der Waals surface area contributed by atoms with E-state index in [1.165, 1.54) is 22.1 Å². The van der Waals surface area contributed by atoms with Gasteiger partial charge in [-0.1, -0.05) is 41.4 Å². The van der Waals surface area contributed by atoms with Gasteiger partial charge in [0, 0.05) is 34.3 Å². The van der Waals surface area contributed by atoms with Crippen LogP contribution in [0.2, 0.25) is 5.02 Å². The molecule has 3 fully saturated rings. The highest BCUT2D eigenvalue weighted by atomic mass is 35.5. The number of anilines is 2. The number of rotatable bonds is 4. The van der Waals surface area contributed by atoms with Crippen LogP contribution in [0.15, 0.2) is 78.4 Å². The van der Waals surface area contributed by atoms with Crippen molar-refractivity contribution in [3.05, 3.63) is 106 Å². The third-order valence-electron chi connectivity index (χ3n) is 12.6. The number of carbonyl (C=O) groups excluding carboxylic acids is 4. The van der Waals surface area contributed by atoms with E-state index in [1.807, 2.05) is 19.1 Å². The second-order valence-corrected chi connectivity index (χ2v) is 17.2. The van der Waals surface area contributed by atoms with E-state index >= 15 is 4.79 Å². The van der Waals surface area contributed by atoms with Gasteiger partial charge in [0.15, 0.2) is 0 Å². The van der Waals surface area contributed by atoms with Crippen LogP contribution in [0.4, 0.5) is 37.8 Å². The molecule has 5 aromatic rings. The van der Waals surface area contributed by atoms with Gasteiger partial charge < -0.3 is 5.11 Å². The molecule has 1 saturated carbocycles. The molecule has 2 aromatic heterocycles. The van der Waals surface area contributed by atoms with Crippen LogP contribution in [-0.2, 0) is 38.6 Å². The fraction of sp³-hybridized carbons (Fsp3) is 0.310. The molecule has 2 aliphatic heterocycles. The number of hydrogen-bond donors (Lipinski definition) is 1. The Labute approximate surface area is 340 Å². The van der Waals surface area contributed by atoms with Crippen LogP contribution in [0.25, 0.3) is 20.7 Å². The van der Waals surface area contributed by atoms with Crippen molar-refractivity contribution in [2.75, 3.05) is 9.80 Å². The van der Waals surface area contributed by atoms with Gasteiger partial charge >= 0.3 is 12.4 Å². The first kappa shape index (κ1) is 39.0. The molecule has 59 heavy (non-hydrogen) atoms. The van der Waals surface area contributed by atoms with Crippen LogP contribution in [0.3, 0.4) is 0 Å². The second kappa shape index (κ2) is 13.0. The van der Waals surface area contributed by atoms with E-state index in [-0.39, 0.29) is 36.0 Å². The zero-order chi connectivity index (χ0) is 42.2. The number of halogens is 7. The SMILES string of the molecule is Cc1c(-c2cc(N3C(=O)C4CC5C(=CCC6C(=O)N(c7cc(C(F)(F)F)cc(C(F)(F)F)c7)C(=O)C65)C(c5ccccc5O)C4(C)C3=O)n(C)n2)sc2ccc(Cl)cc12. The fourth-order valence-corrected chi connectivity index (χ4v) is 11.2. The highest BCUT2D eigenvalue weighted by Crippen LogP contribution is 2.64. The van der Waals surface area contributed by atoms with E-state index in [9.17, 15) is 45.8 Å². The number of alkyl halides is 6. The number of phenolic OH excluding ortho intramolecular Hbond substituents is 1. The molecule has 304 valence electrons. The highest BCUT2D eigenvalue weighted by molar-refractivity contribution is 7.22. The van der Waals surface area contributed by atoms with E-state index in [0.717, 1.165) is 25.4 Å². The Bertz CT molecular complexity index is 2690. The number of imide groups is 2.